The third-order valence-electron chi connectivity index (χ3n) is 5.25. The molecule has 0 fully saturated rings. The number of anilines is 1. The normalized spacial score (nSPS) is 11.1. The summed E-state index contributed by atoms with van der Waals surface area (Å²) in [6.45, 7) is 5.46. The Hall–Kier alpha value is -2.93. The van der Waals surface area contributed by atoms with Crippen molar-refractivity contribution in [2.24, 2.45) is 7.05 Å². The monoisotopic (exact) mass is 395 g/mol. The number of pyridine rings is 1. The Morgan fingerprint density at radius 2 is 1.93 bits per heavy atom. The molecular formula is C22H29N5O2. The largest absolute Gasteiger partial charge is 0.383 e. The zero-order chi connectivity index (χ0) is 21.1. The van der Waals surface area contributed by atoms with Gasteiger partial charge in [0.05, 0.1) is 23.4 Å². The van der Waals surface area contributed by atoms with Gasteiger partial charge in [-0.3, -0.25) is 9.48 Å². The van der Waals surface area contributed by atoms with E-state index < -0.39 is 0 Å². The Morgan fingerprint density at radius 3 is 2.55 bits per heavy atom. The highest BCUT2D eigenvalue weighted by Crippen LogP contribution is 2.25. The number of carbonyl (C=O) groups excluding carboxylic acids is 1. The third kappa shape index (κ3) is 4.24. The maximum absolute atomic E-state index is 13.7. The molecule has 3 aromatic rings. The first kappa shape index (κ1) is 20.8. The van der Waals surface area contributed by atoms with Crippen LogP contribution in [0.2, 0.25) is 0 Å². The molecule has 29 heavy (non-hydrogen) atoms. The fourth-order valence-electron chi connectivity index (χ4n) is 3.43. The Balaban J connectivity index is 2.06. The summed E-state index contributed by atoms with van der Waals surface area (Å²) in [5, 5.41) is 5.35. The number of nitrogens with zero attached hydrogens (tertiary/aromatic N) is 5. The van der Waals surface area contributed by atoms with Gasteiger partial charge in [0.15, 0.2) is 0 Å². The lowest BCUT2D eigenvalue weighted by atomic mass is 10.1. The molecule has 154 valence electrons. The van der Waals surface area contributed by atoms with Crippen LogP contribution in [0.25, 0.3) is 10.9 Å². The lowest BCUT2D eigenvalue weighted by Gasteiger charge is -2.24. The minimum atomic E-state index is -0.0357. The van der Waals surface area contributed by atoms with E-state index in [9.17, 15) is 4.79 Å². The first-order chi connectivity index (χ1) is 13.8. The van der Waals surface area contributed by atoms with Crippen LogP contribution < -0.4 is 4.90 Å². The van der Waals surface area contributed by atoms with Crippen LogP contribution in [0.15, 0.2) is 30.3 Å². The second-order valence-corrected chi connectivity index (χ2v) is 7.43. The quantitative estimate of drug-likeness (QED) is 0.615. The molecule has 0 aliphatic rings. The van der Waals surface area contributed by atoms with Crippen LogP contribution in [0.1, 0.15) is 27.3 Å². The number of benzene rings is 1. The van der Waals surface area contributed by atoms with Crippen LogP contribution in [0.5, 0.6) is 0 Å². The summed E-state index contributed by atoms with van der Waals surface area (Å²) in [6.07, 6.45) is 0. The van der Waals surface area contributed by atoms with Gasteiger partial charge in [-0.15, -0.1) is 0 Å². The average molecular weight is 396 g/mol. The second kappa shape index (κ2) is 8.61. The molecule has 0 radical (unpaired) electrons. The molecule has 0 aliphatic carbocycles. The fraction of sp³-hybridized carbons (Fsp3) is 0.409. The number of aryl methyl sites for hydroxylation is 2. The molecule has 0 bridgehead atoms. The number of amides is 1. The predicted octanol–water partition coefficient (Wildman–Crippen LogP) is 2.94. The highest BCUT2D eigenvalue weighted by atomic mass is 16.5. The number of rotatable bonds is 7. The summed E-state index contributed by atoms with van der Waals surface area (Å²) in [7, 11) is 7.43. The van der Waals surface area contributed by atoms with E-state index in [2.05, 4.69) is 10.1 Å². The highest BCUT2D eigenvalue weighted by molar-refractivity contribution is 6.07. The molecule has 7 nitrogen and oxygen atoms in total. The number of aromatic nitrogens is 3. The van der Waals surface area contributed by atoms with Crippen LogP contribution in [0.4, 0.5) is 5.82 Å². The van der Waals surface area contributed by atoms with E-state index in [1.165, 1.54) is 0 Å². The molecule has 1 amide bonds. The first-order valence-corrected chi connectivity index (χ1v) is 9.68. The van der Waals surface area contributed by atoms with Crippen molar-refractivity contribution in [3.05, 3.63) is 52.8 Å². The maximum Gasteiger partial charge on any atom is 0.255 e. The number of carbonyl (C=O) groups is 1. The van der Waals surface area contributed by atoms with Crippen molar-refractivity contribution in [2.75, 3.05) is 39.3 Å². The Labute approximate surface area is 171 Å². The van der Waals surface area contributed by atoms with E-state index in [4.69, 9.17) is 4.74 Å². The molecule has 0 N–H and O–H groups in total. The molecule has 0 spiro atoms. The number of hydrogen-bond acceptors (Lipinski definition) is 5. The number of ether oxygens (including phenoxy) is 1. The van der Waals surface area contributed by atoms with Gasteiger partial charge in [-0.05, 0) is 26.0 Å². The molecule has 0 saturated heterocycles. The summed E-state index contributed by atoms with van der Waals surface area (Å²) < 4.78 is 7.13. The number of hydrogen-bond donors (Lipinski definition) is 0. The molecule has 0 aliphatic heterocycles. The van der Waals surface area contributed by atoms with E-state index in [0.29, 0.717) is 25.3 Å². The standard InChI is InChI=1S/C22H29N5O2/c1-15-19(16(2)26(5)24-15)14-27(11-12-29-6)22(28)18-13-21(25(3)4)23-20-10-8-7-9-17(18)20/h7-10,13H,11-12,14H2,1-6H3. The average Bonchev–Trinajstić information content (AvgIpc) is 2.95. The van der Waals surface area contributed by atoms with E-state index in [-0.39, 0.29) is 5.91 Å². The van der Waals surface area contributed by atoms with Gasteiger partial charge in [-0.1, -0.05) is 18.2 Å². The summed E-state index contributed by atoms with van der Waals surface area (Å²) in [5.41, 5.74) is 4.53. The van der Waals surface area contributed by atoms with Crippen LogP contribution in [0.3, 0.4) is 0 Å². The van der Waals surface area contributed by atoms with Crippen molar-refractivity contribution in [3.63, 3.8) is 0 Å². The molecular weight excluding hydrogens is 366 g/mol. The van der Waals surface area contributed by atoms with Gasteiger partial charge < -0.3 is 14.5 Å². The van der Waals surface area contributed by atoms with E-state index in [1.54, 1.807) is 7.11 Å². The molecule has 0 unspecified atom stereocenters. The Bertz CT molecular complexity index is 1030. The number of methoxy groups -OCH3 is 1. The summed E-state index contributed by atoms with van der Waals surface area (Å²) >= 11 is 0. The predicted molar refractivity (Wildman–Crippen MR) is 115 cm³/mol. The Morgan fingerprint density at radius 1 is 1.21 bits per heavy atom. The SMILES string of the molecule is COCCN(Cc1c(C)nn(C)c1C)C(=O)c1cc(N(C)C)nc2ccccc12. The summed E-state index contributed by atoms with van der Waals surface area (Å²) in [4.78, 5) is 22.1. The van der Waals surface area contributed by atoms with Crippen molar-refractivity contribution in [1.29, 1.82) is 0 Å². The zero-order valence-electron chi connectivity index (χ0n) is 18.1. The minimum absolute atomic E-state index is 0.0357. The lowest BCUT2D eigenvalue weighted by molar-refractivity contribution is 0.0681. The highest BCUT2D eigenvalue weighted by Gasteiger charge is 2.22. The fourth-order valence-corrected chi connectivity index (χ4v) is 3.43. The molecule has 2 heterocycles. The van der Waals surface area contributed by atoms with E-state index in [1.807, 2.05) is 79.8 Å². The molecule has 0 saturated carbocycles. The summed E-state index contributed by atoms with van der Waals surface area (Å²) in [5.74, 6) is 0.721. The van der Waals surface area contributed by atoms with Crippen LogP contribution >= 0.6 is 0 Å². The van der Waals surface area contributed by atoms with Crippen LogP contribution in [0, 0.1) is 13.8 Å². The molecule has 1 aromatic carbocycles. The third-order valence-corrected chi connectivity index (χ3v) is 5.25. The molecule has 0 atom stereocenters. The van der Waals surface area contributed by atoms with Crippen LogP contribution in [-0.4, -0.2) is 59.9 Å². The van der Waals surface area contributed by atoms with Gasteiger partial charge in [0, 0.05) is 58.0 Å². The van der Waals surface area contributed by atoms with Gasteiger partial charge in [0.2, 0.25) is 0 Å². The van der Waals surface area contributed by atoms with E-state index in [0.717, 1.165) is 33.7 Å². The molecule has 7 heteroatoms. The smallest absolute Gasteiger partial charge is 0.255 e. The molecule has 3 rings (SSSR count). The van der Waals surface area contributed by atoms with Crippen molar-refractivity contribution >= 4 is 22.6 Å². The second-order valence-electron chi connectivity index (χ2n) is 7.43. The zero-order valence-corrected chi connectivity index (χ0v) is 18.1. The number of para-hydroxylation sites is 1. The van der Waals surface area contributed by atoms with Gasteiger partial charge in [0.1, 0.15) is 5.82 Å². The van der Waals surface area contributed by atoms with Crippen molar-refractivity contribution in [2.45, 2.75) is 20.4 Å². The van der Waals surface area contributed by atoms with Crippen molar-refractivity contribution in [3.8, 4) is 0 Å². The number of fused-ring (bicyclic) bond motifs is 1. The maximum atomic E-state index is 13.7. The van der Waals surface area contributed by atoms with Crippen molar-refractivity contribution in [1.82, 2.24) is 19.7 Å². The topological polar surface area (TPSA) is 63.5 Å². The van der Waals surface area contributed by atoms with Crippen LogP contribution in [-0.2, 0) is 18.3 Å². The van der Waals surface area contributed by atoms with Gasteiger partial charge in [0.25, 0.3) is 5.91 Å². The van der Waals surface area contributed by atoms with Gasteiger partial charge in [-0.25, -0.2) is 4.98 Å². The van der Waals surface area contributed by atoms with Crippen molar-refractivity contribution < 1.29 is 9.53 Å². The molecule has 2 aromatic heterocycles. The summed E-state index contributed by atoms with van der Waals surface area (Å²) in [6, 6.07) is 9.63. The van der Waals surface area contributed by atoms with Gasteiger partial charge in [-0.2, -0.15) is 5.10 Å². The minimum Gasteiger partial charge on any atom is -0.383 e. The van der Waals surface area contributed by atoms with Gasteiger partial charge >= 0.3 is 0 Å². The lowest BCUT2D eigenvalue weighted by Crippen LogP contribution is -2.34. The van der Waals surface area contributed by atoms with E-state index >= 15 is 0 Å². The Kier molecular flexibility index (Phi) is 6.17. The first-order valence-electron chi connectivity index (χ1n) is 9.68.